The molecule has 0 radical (unpaired) electrons. The Hall–Kier alpha value is -1.41. The number of hydrazone groups is 1. The van der Waals surface area contributed by atoms with Gasteiger partial charge in [-0.15, -0.1) is 0 Å². The van der Waals surface area contributed by atoms with Gasteiger partial charge in [0.1, 0.15) is 0 Å². The fraction of sp³-hybridized carbons (Fsp3) is 0.429. The SMILES string of the molecule is O=C(C1CC1)N1N=C(c2ccc(Br)cc2)C[C@]1(O)C(F)(F)F. The van der Waals surface area contributed by atoms with Crippen LogP contribution in [0.5, 0.6) is 0 Å². The molecule has 1 N–H and O–H groups in total. The van der Waals surface area contributed by atoms with Crippen LogP contribution in [0.2, 0.25) is 0 Å². The first-order valence-corrected chi connectivity index (χ1v) is 7.48. The zero-order valence-electron chi connectivity index (χ0n) is 11.3. The summed E-state index contributed by atoms with van der Waals surface area (Å²) in [5.74, 6) is -1.24. The minimum Gasteiger partial charge on any atom is -0.362 e. The Morgan fingerprint density at radius 2 is 1.91 bits per heavy atom. The highest BCUT2D eigenvalue weighted by Gasteiger charge is 2.64. The topological polar surface area (TPSA) is 52.9 Å². The van der Waals surface area contributed by atoms with Crippen LogP contribution in [-0.4, -0.2) is 33.6 Å². The van der Waals surface area contributed by atoms with E-state index in [2.05, 4.69) is 21.0 Å². The van der Waals surface area contributed by atoms with Crippen LogP contribution in [0.15, 0.2) is 33.8 Å². The third-order valence-electron chi connectivity index (χ3n) is 3.75. The standard InChI is InChI=1S/C14H12BrF3N2O2/c15-10-5-3-8(4-6-10)11-7-13(22,14(16,17)18)20(19-11)12(21)9-1-2-9/h3-6,9,22H,1-2,7H2/t13-/m0/s1. The van der Waals surface area contributed by atoms with Crippen molar-refractivity contribution in [2.45, 2.75) is 31.2 Å². The molecule has 1 heterocycles. The molecule has 1 atom stereocenters. The average molecular weight is 377 g/mol. The molecule has 0 spiro atoms. The van der Waals surface area contributed by atoms with E-state index < -0.39 is 30.1 Å². The highest BCUT2D eigenvalue weighted by atomic mass is 79.9. The molecule has 4 nitrogen and oxygen atoms in total. The van der Waals surface area contributed by atoms with Crippen molar-refractivity contribution in [3.63, 3.8) is 0 Å². The van der Waals surface area contributed by atoms with Gasteiger partial charge in [-0.3, -0.25) is 4.79 Å². The smallest absolute Gasteiger partial charge is 0.362 e. The predicted molar refractivity (Wildman–Crippen MR) is 75.9 cm³/mol. The lowest BCUT2D eigenvalue weighted by molar-refractivity contribution is -0.302. The van der Waals surface area contributed by atoms with Crippen molar-refractivity contribution in [1.82, 2.24) is 5.01 Å². The molecule has 0 unspecified atom stereocenters. The van der Waals surface area contributed by atoms with Crippen LogP contribution >= 0.6 is 15.9 Å². The number of carbonyl (C=O) groups is 1. The van der Waals surface area contributed by atoms with Crippen molar-refractivity contribution < 1.29 is 23.1 Å². The predicted octanol–water partition coefficient (Wildman–Crippen LogP) is 3.05. The second-order valence-electron chi connectivity index (χ2n) is 5.47. The number of rotatable bonds is 2. The molecule has 118 valence electrons. The van der Waals surface area contributed by atoms with Crippen LogP contribution in [0.25, 0.3) is 0 Å². The molecule has 2 aliphatic rings. The molecule has 1 aromatic carbocycles. The monoisotopic (exact) mass is 376 g/mol. The van der Waals surface area contributed by atoms with Crippen molar-refractivity contribution in [3.8, 4) is 0 Å². The molecule has 1 fully saturated rings. The van der Waals surface area contributed by atoms with E-state index in [1.807, 2.05) is 0 Å². The molecule has 1 aliphatic carbocycles. The van der Waals surface area contributed by atoms with Gasteiger partial charge in [-0.2, -0.15) is 23.3 Å². The first-order valence-electron chi connectivity index (χ1n) is 6.69. The van der Waals surface area contributed by atoms with Crippen molar-refractivity contribution in [3.05, 3.63) is 34.3 Å². The van der Waals surface area contributed by atoms with Gasteiger partial charge in [0.25, 0.3) is 5.72 Å². The highest BCUT2D eigenvalue weighted by Crippen LogP contribution is 2.44. The number of hydrogen-bond acceptors (Lipinski definition) is 3. The summed E-state index contributed by atoms with van der Waals surface area (Å²) in [5.41, 5.74) is -2.78. The van der Waals surface area contributed by atoms with Crippen LogP contribution in [0.1, 0.15) is 24.8 Å². The summed E-state index contributed by atoms with van der Waals surface area (Å²) >= 11 is 3.24. The highest BCUT2D eigenvalue weighted by molar-refractivity contribution is 9.10. The van der Waals surface area contributed by atoms with Crippen molar-refractivity contribution in [2.75, 3.05) is 0 Å². The minimum absolute atomic E-state index is 0.0429. The molecular weight excluding hydrogens is 365 g/mol. The van der Waals surface area contributed by atoms with Crippen LogP contribution in [0.4, 0.5) is 13.2 Å². The van der Waals surface area contributed by atoms with Gasteiger partial charge in [0.05, 0.1) is 12.1 Å². The van der Waals surface area contributed by atoms with Gasteiger partial charge in [0, 0.05) is 10.4 Å². The Bertz CT molecular complexity index is 640. The van der Waals surface area contributed by atoms with Gasteiger partial charge in [-0.25, -0.2) is 0 Å². The summed E-state index contributed by atoms with van der Waals surface area (Å²) < 4.78 is 40.6. The van der Waals surface area contributed by atoms with E-state index in [-0.39, 0.29) is 10.7 Å². The van der Waals surface area contributed by atoms with E-state index in [1.165, 1.54) is 0 Å². The fourth-order valence-electron chi connectivity index (χ4n) is 2.30. The molecule has 1 saturated carbocycles. The first kappa shape index (κ1) is 15.5. The Morgan fingerprint density at radius 3 is 2.41 bits per heavy atom. The lowest BCUT2D eigenvalue weighted by Gasteiger charge is -2.32. The van der Waals surface area contributed by atoms with Gasteiger partial charge in [-0.05, 0) is 30.5 Å². The molecule has 8 heteroatoms. The van der Waals surface area contributed by atoms with Gasteiger partial charge in [-0.1, -0.05) is 28.1 Å². The largest absolute Gasteiger partial charge is 0.438 e. The summed E-state index contributed by atoms with van der Waals surface area (Å²) in [6.45, 7) is 0. The Kier molecular flexibility index (Phi) is 3.56. The van der Waals surface area contributed by atoms with Crippen molar-refractivity contribution in [1.29, 1.82) is 0 Å². The molecule has 1 aliphatic heterocycles. The van der Waals surface area contributed by atoms with Gasteiger partial charge < -0.3 is 5.11 Å². The maximum absolute atomic E-state index is 13.3. The lowest BCUT2D eigenvalue weighted by Crippen LogP contribution is -2.57. The van der Waals surface area contributed by atoms with Gasteiger partial charge in [0.2, 0.25) is 5.91 Å². The Balaban J connectivity index is 1.98. The molecular formula is C14H12BrF3N2O2. The van der Waals surface area contributed by atoms with E-state index in [0.717, 1.165) is 4.47 Å². The summed E-state index contributed by atoms with van der Waals surface area (Å²) in [6, 6.07) is 6.50. The molecule has 0 bridgehead atoms. The second kappa shape index (κ2) is 5.06. The maximum Gasteiger partial charge on any atom is 0.438 e. The van der Waals surface area contributed by atoms with Gasteiger partial charge in [0.15, 0.2) is 0 Å². The third-order valence-corrected chi connectivity index (χ3v) is 4.28. The van der Waals surface area contributed by atoms with E-state index >= 15 is 0 Å². The van der Waals surface area contributed by atoms with Gasteiger partial charge >= 0.3 is 6.18 Å². The van der Waals surface area contributed by atoms with Crippen molar-refractivity contribution >= 4 is 27.5 Å². The van der Waals surface area contributed by atoms with Crippen LogP contribution in [0.3, 0.4) is 0 Å². The van der Waals surface area contributed by atoms with Crippen molar-refractivity contribution in [2.24, 2.45) is 11.0 Å². The summed E-state index contributed by atoms with van der Waals surface area (Å²) in [4.78, 5) is 12.1. The summed E-state index contributed by atoms with van der Waals surface area (Å²) in [7, 11) is 0. The normalized spacial score (nSPS) is 25.3. The third kappa shape index (κ3) is 2.54. The maximum atomic E-state index is 13.3. The Morgan fingerprint density at radius 1 is 1.32 bits per heavy atom. The van der Waals surface area contributed by atoms with E-state index in [1.54, 1.807) is 24.3 Å². The molecule has 22 heavy (non-hydrogen) atoms. The molecule has 1 amide bonds. The Labute approximate surface area is 132 Å². The number of nitrogens with zero attached hydrogens (tertiary/aromatic N) is 2. The molecule has 0 saturated heterocycles. The number of hydrogen-bond donors (Lipinski definition) is 1. The number of aliphatic hydroxyl groups is 1. The number of benzene rings is 1. The zero-order chi connectivity index (χ0) is 16.1. The average Bonchev–Trinajstić information content (AvgIpc) is 3.21. The first-order chi connectivity index (χ1) is 10.2. The number of carbonyl (C=O) groups excluding carboxylic acids is 1. The van der Waals surface area contributed by atoms with E-state index in [0.29, 0.717) is 18.4 Å². The second-order valence-corrected chi connectivity index (χ2v) is 6.38. The minimum atomic E-state index is -4.97. The number of halogens is 4. The molecule has 1 aromatic rings. The number of amides is 1. The quantitative estimate of drug-likeness (QED) is 0.862. The fourth-order valence-corrected chi connectivity index (χ4v) is 2.57. The summed E-state index contributed by atoms with van der Waals surface area (Å²) in [5, 5.41) is 14.1. The summed E-state index contributed by atoms with van der Waals surface area (Å²) in [6.07, 6.45) is -4.67. The molecule has 3 rings (SSSR count). The van der Waals surface area contributed by atoms with E-state index in [9.17, 15) is 23.1 Å². The molecule has 0 aromatic heterocycles. The van der Waals surface area contributed by atoms with Crippen LogP contribution in [-0.2, 0) is 4.79 Å². The zero-order valence-corrected chi connectivity index (χ0v) is 12.9. The number of alkyl halides is 3. The van der Waals surface area contributed by atoms with Crippen LogP contribution in [0, 0.1) is 5.92 Å². The van der Waals surface area contributed by atoms with E-state index in [4.69, 9.17) is 0 Å². The lowest BCUT2D eigenvalue weighted by atomic mass is 10.0. The van der Waals surface area contributed by atoms with Crippen LogP contribution < -0.4 is 0 Å².